The first-order valence-corrected chi connectivity index (χ1v) is 9.41. The average molecular weight is 372 g/mol. The summed E-state index contributed by atoms with van der Waals surface area (Å²) in [5.74, 6) is 1.14. The summed E-state index contributed by atoms with van der Waals surface area (Å²) in [7, 11) is 1.52. The van der Waals surface area contributed by atoms with Gasteiger partial charge in [0.1, 0.15) is 11.3 Å². The molecular formula is C22H28O5. The van der Waals surface area contributed by atoms with Crippen LogP contribution in [0.5, 0.6) is 17.2 Å². The van der Waals surface area contributed by atoms with Crippen molar-refractivity contribution in [2.45, 2.75) is 39.5 Å². The van der Waals surface area contributed by atoms with Crippen LogP contribution in [0.3, 0.4) is 0 Å². The van der Waals surface area contributed by atoms with E-state index in [2.05, 4.69) is 32.1 Å². The molecule has 0 saturated heterocycles. The highest BCUT2D eigenvalue weighted by molar-refractivity contribution is 5.86. The van der Waals surface area contributed by atoms with Gasteiger partial charge >= 0.3 is 5.63 Å². The van der Waals surface area contributed by atoms with Crippen LogP contribution in [0.2, 0.25) is 0 Å². The summed E-state index contributed by atoms with van der Waals surface area (Å²) in [6.45, 7) is 5.11. The van der Waals surface area contributed by atoms with Crippen molar-refractivity contribution in [3.8, 4) is 17.2 Å². The zero-order chi connectivity index (χ0) is 19.5. The molecule has 0 aliphatic carbocycles. The Labute approximate surface area is 160 Å². The number of benzene rings is 1. The maximum Gasteiger partial charge on any atom is 0.383 e. The second-order valence-corrected chi connectivity index (χ2v) is 5.94. The molecule has 1 aromatic carbocycles. The lowest BCUT2D eigenvalue weighted by Gasteiger charge is -2.12. The Morgan fingerprint density at radius 1 is 0.926 bits per heavy atom. The minimum Gasteiger partial charge on any atom is -0.493 e. The first-order valence-electron chi connectivity index (χ1n) is 9.41. The first-order chi connectivity index (χ1) is 13.2. The van der Waals surface area contributed by atoms with Crippen LogP contribution >= 0.6 is 0 Å². The van der Waals surface area contributed by atoms with Crippen molar-refractivity contribution in [2.75, 3.05) is 20.3 Å². The molecule has 27 heavy (non-hydrogen) atoms. The lowest BCUT2D eigenvalue weighted by molar-refractivity contribution is 0.285. The van der Waals surface area contributed by atoms with Crippen molar-refractivity contribution in [2.24, 2.45) is 0 Å². The predicted octanol–water partition coefficient (Wildman–Crippen LogP) is 5.27. The van der Waals surface area contributed by atoms with Crippen molar-refractivity contribution in [3.63, 3.8) is 0 Å². The van der Waals surface area contributed by atoms with Crippen LogP contribution in [0.4, 0.5) is 0 Å². The van der Waals surface area contributed by atoms with E-state index in [9.17, 15) is 4.79 Å². The molecule has 1 aromatic heterocycles. The van der Waals surface area contributed by atoms with E-state index < -0.39 is 5.63 Å². The summed E-state index contributed by atoms with van der Waals surface area (Å²) >= 11 is 0. The lowest BCUT2D eigenvalue weighted by Crippen LogP contribution is -2.10. The van der Waals surface area contributed by atoms with E-state index in [4.69, 9.17) is 18.6 Å². The Kier molecular flexibility index (Phi) is 8.49. The third-order valence-electron chi connectivity index (χ3n) is 3.89. The molecule has 0 radical (unpaired) electrons. The maximum atomic E-state index is 12.3. The van der Waals surface area contributed by atoms with Crippen molar-refractivity contribution in [1.82, 2.24) is 0 Å². The molecule has 0 unspecified atom stereocenters. The van der Waals surface area contributed by atoms with Gasteiger partial charge in [0, 0.05) is 6.07 Å². The molecule has 0 amide bonds. The Morgan fingerprint density at radius 3 is 2.22 bits per heavy atom. The highest BCUT2D eigenvalue weighted by Gasteiger charge is 2.17. The third-order valence-corrected chi connectivity index (χ3v) is 3.89. The number of allylic oxidation sites excluding steroid dienone is 2. The molecule has 0 bridgehead atoms. The van der Waals surface area contributed by atoms with Crippen LogP contribution in [0, 0.1) is 0 Å². The molecule has 0 fully saturated rings. The molecule has 2 rings (SSSR count). The number of ether oxygens (including phenoxy) is 3. The summed E-state index contributed by atoms with van der Waals surface area (Å²) in [6, 6.07) is 5.36. The first kappa shape index (κ1) is 20.6. The Balaban J connectivity index is 2.17. The van der Waals surface area contributed by atoms with E-state index in [1.54, 1.807) is 6.07 Å². The predicted molar refractivity (Wildman–Crippen MR) is 108 cm³/mol. The van der Waals surface area contributed by atoms with Gasteiger partial charge in [0.25, 0.3) is 0 Å². The van der Waals surface area contributed by atoms with E-state index in [0.29, 0.717) is 42.1 Å². The van der Waals surface area contributed by atoms with Crippen molar-refractivity contribution < 1.29 is 18.6 Å². The SMILES string of the molecule is CCC=CCCOc1ccc2c(OC)c(OCCC=CCC)c(=O)oc2c1. The fourth-order valence-corrected chi connectivity index (χ4v) is 2.60. The number of hydrogen-bond acceptors (Lipinski definition) is 5. The van der Waals surface area contributed by atoms with Gasteiger partial charge in [0.05, 0.1) is 25.7 Å². The molecular weight excluding hydrogens is 344 g/mol. The number of methoxy groups -OCH3 is 1. The molecule has 0 atom stereocenters. The van der Waals surface area contributed by atoms with Crippen LogP contribution in [0.15, 0.2) is 51.7 Å². The topological polar surface area (TPSA) is 57.9 Å². The van der Waals surface area contributed by atoms with Gasteiger partial charge in [0.15, 0.2) is 5.75 Å². The van der Waals surface area contributed by atoms with Gasteiger partial charge in [-0.1, -0.05) is 38.2 Å². The molecule has 0 spiro atoms. The van der Waals surface area contributed by atoms with E-state index in [1.807, 2.05) is 18.2 Å². The largest absolute Gasteiger partial charge is 0.493 e. The van der Waals surface area contributed by atoms with Crippen molar-refractivity contribution in [1.29, 1.82) is 0 Å². The number of hydrogen-bond donors (Lipinski definition) is 0. The van der Waals surface area contributed by atoms with Gasteiger partial charge in [-0.15, -0.1) is 0 Å². The van der Waals surface area contributed by atoms with Crippen molar-refractivity contribution in [3.05, 3.63) is 52.9 Å². The lowest BCUT2D eigenvalue weighted by atomic mass is 10.2. The standard InChI is InChI=1S/C22H28O5/c1-4-6-8-10-14-25-17-12-13-18-19(16-17)27-22(23)21(20(18)24-3)26-15-11-9-7-5-2/h6-9,12-13,16H,4-5,10-11,14-15H2,1-3H3. The van der Waals surface area contributed by atoms with Gasteiger partial charge in [-0.05, 0) is 37.8 Å². The van der Waals surface area contributed by atoms with Crippen LogP contribution < -0.4 is 19.8 Å². The molecule has 0 saturated carbocycles. The molecule has 0 N–H and O–H groups in total. The molecule has 5 heteroatoms. The smallest absolute Gasteiger partial charge is 0.383 e. The van der Waals surface area contributed by atoms with Crippen LogP contribution in [-0.2, 0) is 0 Å². The minimum atomic E-state index is -0.554. The summed E-state index contributed by atoms with van der Waals surface area (Å²) in [6.07, 6.45) is 11.8. The molecule has 0 aliphatic rings. The second-order valence-electron chi connectivity index (χ2n) is 5.94. The normalized spacial score (nSPS) is 11.5. The van der Waals surface area contributed by atoms with Crippen LogP contribution in [0.1, 0.15) is 39.5 Å². The average Bonchev–Trinajstić information content (AvgIpc) is 2.67. The van der Waals surface area contributed by atoms with E-state index in [0.717, 1.165) is 19.3 Å². The molecule has 1 heterocycles. The molecule has 5 nitrogen and oxygen atoms in total. The summed E-state index contributed by atoms with van der Waals surface area (Å²) in [5, 5.41) is 0.675. The van der Waals surface area contributed by atoms with E-state index in [-0.39, 0.29) is 5.75 Å². The van der Waals surface area contributed by atoms with Crippen LogP contribution in [-0.4, -0.2) is 20.3 Å². The summed E-state index contributed by atoms with van der Waals surface area (Å²) < 4.78 is 22.2. The van der Waals surface area contributed by atoms with Crippen molar-refractivity contribution >= 4 is 11.0 Å². The Hall–Kier alpha value is -2.69. The van der Waals surface area contributed by atoms with Gasteiger partial charge in [0.2, 0.25) is 5.75 Å². The maximum absolute atomic E-state index is 12.3. The number of rotatable bonds is 11. The number of fused-ring (bicyclic) bond motifs is 1. The summed E-state index contributed by atoms with van der Waals surface area (Å²) in [5.41, 5.74) is -0.140. The molecule has 2 aromatic rings. The highest BCUT2D eigenvalue weighted by atomic mass is 16.5. The Morgan fingerprint density at radius 2 is 1.59 bits per heavy atom. The second kappa shape index (κ2) is 11.1. The minimum absolute atomic E-state index is 0.105. The zero-order valence-corrected chi connectivity index (χ0v) is 16.3. The van der Waals surface area contributed by atoms with Gasteiger partial charge in [-0.2, -0.15) is 0 Å². The fourth-order valence-electron chi connectivity index (χ4n) is 2.60. The van der Waals surface area contributed by atoms with Gasteiger partial charge < -0.3 is 18.6 Å². The van der Waals surface area contributed by atoms with Gasteiger partial charge in [-0.3, -0.25) is 0 Å². The molecule has 146 valence electrons. The monoisotopic (exact) mass is 372 g/mol. The third kappa shape index (κ3) is 5.91. The van der Waals surface area contributed by atoms with E-state index >= 15 is 0 Å². The molecule has 0 aliphatic heterocycles. The highest BCUT2D eigenvalue weighted by Crippen LogP contribution is 2.34. The van der Waals surface area contributed by atoms with Crippen LogP contribution in [0.25, 0.3) is 11.0 Å². The fraction of sp³-hybridized carbons (Fsp3) is 0.409. The van der Waals surface area contributed by atoms with Gasteiger partial charge in [-0.25, -0.2) is 4.79 Å². The quantitative estimate of drug-likeness (QED) is 0.305. The Bertz CT molecular complexity index is 832. The van der Waals surface area contributed by atoms with E-state index in [1.165, 1.54) is 7.11 Å². The zero-order valence-electron chi connectivity index (χ0n) is 16.3. The summed E-state index contributed by atoms with van der Waals surface area (Å²) in [4.78, 5) is 12.3.